The maximum Gasteiger partial charge on any atom is 0.410 e. The topological polar surface area (TPSA) is 150 Å². The molecule has 0 spiro atoms. The van der Waals surface area contributed by atoms with Crippen LogP contribution in [-0.2, 0) is 4.74 Å². The zero-order valence-electron chi connectivity index (χ0n) is 27.4. The number of nitrogen functional groups attached to an aromatic ring is 1. The number of carbonyl (C=O) groups is 2. The van der Waals surface area contributed by atoms with Crippen molar-refractivity contribution in [1.29, 1.82) is 0 Å². The number of alkyl halides is 2. The Hall–Kier alpha value is -5.80. The number of anilines is 2. The number of aromatic amines is 1. The number of amides is 1. The molecule has 1 amide bonds. The normalized spacial score (nSPS) is 13.4. The summed E-state index contributed by atoms with van der Waals surface area (Å²) in [7, 11) is 0. The van der Waals surface area contributed by atoms with Gasteiger partial charge in [0, 0.05) is 30.1 Å². The minimum absolute atomic E-state index is 0.00444. The lowest BCUT2D eigenvalue weighted by molar-refractivity contribution is 0.0104. The number of benzene rings is 2. The minimum atomic E-state index is -2.72. The molecule has 50 heavy (non-hydrogen) atoms. The first-order valence-electron chi connectivity index (χ1n) is 15.5. The summed E-state index contributed by atoms with van der Waals surface area (Å²) in [6.45, 7) is 6.80. The lowest BCUT2D eigenvalue weighted by Crippen LogP contribution is -2.57. The highest BCUT2D eigenvalue weighted by molar-refractivity contribution is 6.12. The van der Waals surface area contributed by atoms with Crippen molar-refractivity contribution in [2.24, 2.45) is 0 Å². The van der Waals surface area contributed by atoms with Gasteiger partial charge in [-0.15, -0.1) is 0 Å². The largest absolute Gasteiger partial charge is 0.485 e. The number of rotatable bonds is 10. The zero-order chi connectivity index (χ0) is 35.9. The van der Waals surface area contributed by atoms with E-state index < -0.39 is 47.9 Å². The molecule has 4 N–H and O–H groups in total. The number of hydrogen-bond acceptors (Lipinski definition) is 9. The summed E-state index contributed by atoms with van der Waals surface area (Å²) in [6.07, 6.45) is -0.540. The van der Waals surface area contributed by atoms with Crippen LogP contribution in [0.25, 0.3) is 16.6 Å². The SMILES string of the molecule is Cc1cc(Oc2c(F)cccc2F)ncc1-n1ncc(C(=O)c2cc3cc(OCC(F)F)c(NC4CN(C(=O)OC(C)(C)C)C4)cc3[nH]2)c1N. The number of pyridine rings is 1. The van der Waals surface area contributed by atoms with Crippen LogP contribution in [0, 0.1) is 18.6 Å². The standard InChI is InChI=1S/C34H33F4N7O5/c1-17-8-29(49-31-21(35)6-5-7-22(31)36)40-13-26(17)45-32(39)20(12-41-45)30(46)25-9-18-10-27(48-16-28(37)38)24(11-23(18)43-25)42-19-14-44(15-19)33(47)50-34(2,3)4/h5-13,19,28,42-43H,14-16,39H2,1-4H3. The minimum Gasteiger partial charge on any atom is -0.485 e. The van der Waals surface area contributed by atoms with E-state index in [2.05, 4.69) is 20.4 Å². The number of hydrogen-bond donors (Lipinski definition) is 3. The molecule has 1 saturated heterocycles. The van der Waals surface area contributed by atoms with Crippen LogP contribution in [0.1, 0.15) is 42.4 Å². The number of aromatic nitrogens is 4. The third kappa shape index (κ3) is 7.13. The molecular formula is C34H33F4N7O5. The van der Waals surface area contributed by atoms with E-state index in [0.717, 1.165) is 12.1 Å². The second-order valence-electron chi connectivity index (χ2n) is 12.7. The zero-order valence-corrected chi connectivity index (χ0v) is 27.4. The molecule has 1 fully saturated rings. The number of fused-ring (bicyclic) bond motifs is 1. The molecule has 0 saturated carbocycles. The quantitative estimate of drug-likeness (QED) is 0.108. The van der Waals surface area contributed by atoms with Crippen molar-refractivity contribution < 1.29 is 41.4 Å². The van der Waals surface area contributed by atoms with Crippen LogP contribution < -0.4 is 20.5 Å². The Balaban J connectivity index is 1.21. The number of carbonyl (C=O) groups excluding carboxylic acids is 2. The van der Waals surface area contributed by atoms with Gasteiger partial charge in [0.2, 0.25) is 17.4 Å². The van der Waals surface area contributed by atoms with Crippen LogP contribution in [0.5, 0.6) is 17.4 Å². The van der Waals surface area contributed by atoms with E-state index in [9.17, 15) is 27.2 Å². The highest BCUT2D eigenvalue weighted by Crippen LogP contribution is 2.34. The van der Waals surface area contributed by atoms with Crippen molar-refractivity contribution in [1.82, 2.24) is 24.6 Å². The van der Waals surface area contributed by atoms with Crippen molar-refractivity contribution >= 4 is 34.3 Å². The first-order valence-corrected chi connectivity index (χ1v) is 15.5. The smallest absolute Gasteiger partial charge is 0.410 e. The first kappa shape index (κ1) is 34.1. The maximum atomic E-state index is 14.1. The number of nitrogens with zero attached hydrogens (tertiary/aromatic N) is 4. The molecule has 4 heterocycles. The number of ketones is 1. The van der Waals surface area contributed by atoms with Gasteiger partial charge in [0.1, 0.15) is 23.8 Å². The predicted molar refractivity (Wildman–Crippen MR) is 175 cm³/mol. The Morgan fingerprint density at radius 1 is 1.10 bits per heavy atom. The maximum absolute atomic E-state index is 14.1. The van der Waals surface area contributed by atoms with Crippen molar-refractivity contribution in [3.05, 3.63) is 83.3 Å². The highest BCUT2D eigenvalue weighted by Gasteiger charge is 2.34. The Labute approximate surface area is 283 Å². The average molecular weight is 696 g/mol. The number of nitrogens with one attached hydrogen (secondary N) is 2. The van der Waals surface area contributed by atoms with Crippen LogP contribution in [0.4, 0.5) is 33.9 Å². The summed E-state index contributed by atoms with van der Waals surface area (Å²) in [5.74, 6) is -2.80. The van der Waals surface area contributed by atoms with Crippen LogP contribution in [0.2, 0.25) is 0 Å². The van der Waals surface area contributed by atoms with Crippen LogP contribution in [-0.4, -0.2) is 74.3 Å². The van der Waals surface area contributed by atoms with Gasteiger partial charge in [0.25, 0.3) is 6.43 Å². The molecule has 16 heteroatoms. The fourth-order valence-corrected chi connectivity index (χ4v) is 5.29. The van der Waals surface area contributed by atoms with Crippen molar-refractivity contribution in [2.75, 3.05) is 30.7 Å². The Bertz CT molecular complexity index is 2070. The van der Waals surface area contributed by atoms with Gasteiger partial charge in [-0.3, -0.25) is 4.79 Å². The predicted octanol–water partition coefficient (Wildman–Crippen LogP) is 6.62. The summed E-state index contributed by atoms with van der Waals surface area (Å²) in [5.41, 5.74) is 7.76. The molecule has 1 aliphatic heterocycles. The number of aryl methyl sites for hydroxylation is 1. The van der Waals surface area contributed by atoms with Gasteiger partial charge in [0.05, 0.1) is 41.1 Å². The molecule has 1 aliphatic rings. The highest BCUT2D eigenvalue weighted by atomic mass is 19.3. The van der Waals surface area contributed by atoms with E-state index in [1.165, 1.54) is 40.2 Å². The number of nitrogens with two attached hydrogens (primary N) is 1. The van der Waals surface area contributed by atoms with Crippen molar-refractivity contribution in [3.8, 4) is 23.1 Å². The van der Waals surface area contributed by atoms with Crippen LogP contribution >= 0.6 is 0 Å². The van der Waals surface area contributed by atoms with E-state index in [0.29, 0.717) is 40.9 Å². The first-order chi connectivity index (χ1) is 23.7. The lowest BCUT2D eigenvalue weighted by Gasteiger charge is -2.40. The molecule has 0 radical (unpaired) electrons. The summed E-state index contributed by atoms with van der Waals surface area (Å²) >= 11 is 0. The summed E-state index contributed by atoms with van der Waals surface area (Å²) in [5, 5.41) is 8.01. The summed E-state index contributed by atoms with van der Waals surface area (Å²) < 4.78 is 71.7. The molecule has 12 nitrogen and oxygen atoms in total. The van der Waals surface area contributed by atoms with Gasteiger partial charge >= 0.3 is 6.09 Å². The molecule has 0 unspecified atom stereocenters. The van der Waals surface area contributed by atoms with Gasteiger partial charge < -0.3 is 35.1 Å². The van der Waals surface area contributed by atoms with Gasteiger partial charge in [-0.1, -0.05) is 6.07 Å². The molecule has 5 aromatic rings. The van der Waals surface area contributed by atoms with Gasteiger partial charge in [-0.25, -0.2) is 32.0 Å². The average Bonchev–Trinajstić information content (AvgIpc) is 3.61. The fourth-order valence-electron chi connectivity index (χ4n) is 5.29. The summed E-state index contributed by atoms with van der Waals surface area (Å²) in [6, 6.07) is 9.30. The molecule has 6 rings (SSSR count). The number of para-hydroxylation sites is 1. The van der Waals surface area contributed by atoms with Gasteiger partial charge in [-0.05, 0) is 63.6 Å². The van der Waals surface area contributed by atoms with Gasteiger partial charge in [-0.2, -0.15) is 5.10 Å². The third-order valence-electron chi connectivity index (χ3n) is 7.69. The van der Waals surface area contributed by atoms with E-state index in [-0.39, 0.29) is 34.7 Å². The van der Waals surface area contributed by atoms with Crippen molar-refractivity contribution in [3.63, 3.8) is 0 Å². The third-order valence-corrected chi connectivity index (χ3v) is 7.69. The van der Waals surface area contributed by atoms with E-state index in [1.807, 2.05) is 0 Å². The molecular weight excluding hydrogens is 662 g/mol. The van der Waals surface area contributed by atoms with Gasteiger partial charge in [0.15, 0.2) is 11.6 Å². The number of likely N-dealkylation sites (tertiary alicyclic amines) is 1. The number of H-pyrrole nitrogens is 1. The lowest BCUT2D eigenvalue weighted by atomic mass is 10.1. The van der Waals surface area contributed by atoms with E-state index >= 15 is 0 Å². The Morgan fingerprint density at radius 2 is 1.82 bits per heavy atom. The summed E-state index contributed by atoms with van der Waals surface area (Å²) in [4.78, 5) is 34.7. The van der Waals surface area contributed by atoms with Crippen LogP contribution in [0.15, 0.2) is 54.9 Å². The molecule has 0 atom stereocenters. The van der Waals surface area contributed by atoms with E-state index in [1.54, 1.807) is 39.8 Å². The molecule has 3 aromatic heterocycles. The fraction of sp³-hybridized carbons (Fsp3) is 0.294. The Morgan fingerprint density at radius 3 is 2.48 bits per heavy atom. The second kappa shape index (κ2) is 13.2. The second-order valence-corrected chi connectivity index (χ2v) is 12.7. The monoisotopic (exact) mass is 695 g/mol. The Kier molecular flexibility index (Phi) is 9.03. The van der Waals surface area contributed by atoms with Crippen LogP contribution in [0.3, 0.4) is 0 Å². The number of ether oxygens (including phenoxy) is 3. The molecule has 0 bridgehead atoms. The molecule has 0 aliphatic carbocycles. The van der Waals surface area contributed by atoms with E-state index in [4.69, 9.17) is 19.9 Å². The number of halogens is 4. The molecule has 2 aromatic carbocycles. The van der Waals surface area contributed by atoms with Crippen molar-refractivity contribution in [2.45, 2.75) is 45.8 Å². The molecule has 262 valence electrons.